The predicted molar refractivity (Wildman–Crippen MR) is 115 cm³/mol. The average molecular weight is 416 g/mol. The van der Waals surface area contributed by atoms with Gasteiger partial charge in [0.15, 0.2) is 12.4 Å². The number of esters is 1. The monoisotopic (exact) mass is 416 g/mol. The lowest BCUT2D eigenvalue weighted by atomic mass is 10.1. The number of nitrogens with one attached hydrogen (secondary N) is 1. The van der Waals surface area contributed by atoms with Gasteiger partial charge in [-0.3, -0.25) is 4.79 Å². The predicted octanol–water partition coefficient (Wildman–Crippen LogP) is 3.98. The molecule has 0 aliphatic rings. The van der Waals surface area contributed by atoms with Crippen LogP contribution >= 0.6 is 0 Å². The number of carbonyl (C=O) groups excluding carboxylic acids is 2. The molecule has 1 heterocycles. The molecule has 0 atom stereocenters. The molecule has 156 valence electrons. The topological polar surface area (TPSA) is 90.7 Å². The van der Waals surface area contributed by atoms with E-state index in [1.54, 1.807) is 25.3 Å². The number of aromatic nitrogens is 1. The third-order valence-corrected chi connectivity index (χ3v) is 4.71. The zero-order valence-corrected chi connectivity index (χ0v) is 16.8. The van der Waals surface area contributed by atoms with Crippen molar-refractivity contribution in [1.29, 1.82) is 0 Å². The minimum absolute atomic E-state index is 0.306. The number of rotatable bonds is 7. The summed E-state index contributed by atoms with van der Waals surface area (Å²) in [5.74, 6) is 0.282. The van der Waals surface area contributed by atoms with Gasteiger partial charge >= 0.3 is 5.97 Å². The lowest BCUT2D eigenvalue weighted by molar-refractivity contribution is -0.124. The molecule has 1 aromatic heterocycles. The van der Waals surface area contributed by atoms with Gasteiger partial charge in [0.05, 0.1) is 18.1 Å². The molecule has 4 aromatic rings. The Hall–Kier alpha value is -4.13. The van der Waals surface area contributed by atoms with Crippen LogP contribution in [0, 0.1) is 0 Å². The fourth-order valence-electron chi connectivity index (χ4n) is 3.11. The van der Waals surface area contributed by atoms with E-state index in [1.807, 2.05) is 54.6 Å². The standard InChI is InChI=1S/C24H20N2O5/c1-29-19-9-5-6-16(12-19)14-25-22(27)15-30-24(28)18-10-11-21-20(13-18)23(31-26-21)17-7-3-2-4-8-17/h2-13H,14-15H2,1H3,(H,25,27). The summed E-state index contributed by atoms with van der Waals surface area (Å²) in [5, 5.41) is 7.45. The van der Waals surface area contributed by atoms with Gasteiger partial charge in [0, 0.05) is 12.1 Å². The molecule has 1 N–H and O–H groups in total. The van der Waals surface area contributed by atoms with Crippen molar-refractivity contribution in [3.63, 3.8) is 0 Å². The second-order valence-electron chi connectivity index (χ2n) is 6.81. The van der Waals surface area contributed by atoms with Crippen LogP contribution in [0.25, 0.3) is 22.2 Å². The van der Waals surface area contributed by atoms with E-state index in [0.717, 1.165) is 11.1 Å². The van der Waals surface area contributed by atoms with Gasteiger partial charge in [-0.2, -0.15) is 0 Å². The first-order chi connectivity index (χ1) is 15.1. The van der Waals surface area contributed by atoms with Crippen LogP contribution in [0.5, 0.6) is 5.75 Å². The van der Waals surface area contributed by atoms with Gasteiger partial charge in [0.1, 0.15) is 11.3 Å². The van der Waals surface area contributed by atoms with E-state index in [-0.39, 0.29) is 6.61 Å². The molecule has 0 saturated carbocycles. The van der Waals surface area contributed by atoms with Crippen molar-refractivity contribution in [2.24, 2.45) is 0 Å². The summed E-state index contributed by atoms with van der Waals surface area (Å²) >= 11 is 0. The second kappa shape index (κ2) is 9.13. The highest BCUT2D eigenvalue weighted by Crippen LogP contribution is 2.29. The second-order valence-corrected chi connectivity index (χ2v) is 6.81. The Labute approximate surface area is 178 Å². The SMILES string of the molecule is COc1cccc(CNC(=O)COC(=O)c2ccc3noc(-c4ccccc4)c3c2)c1. The normalized spacial score (nSPS) is 10.6. The highest BCUT2D eigenvalue weighted by molar-refractivity contribution is 5.99. The van der Waals surface area contributed by atoms with Crippen LogP contribution in [0.3, 0.4) is 0 Å². The van der Waals surface area contributed by atoms with E-state index in [2.05, 4.69) is 10.5 Å². The number of carbonyl (C=O) groups is 2. The Bertz CT molecular complexity index is 1220. The Morgan fingerprint density at radius 2 is 1.84 bits per heavy atom. The van der Waals surface area contributed by atoms with Gasteiger partial charge in [-0.1, -0.05) is 47.6 Å². The molecule has 0 bridgehead atoms. The first-order valence-corrected chi connectivity index (χ1v) is 9.65. The molecule has 0 fully saturated rings. The molecule has 7 heteroatoms. The number of hydrogen-bond donors (Lipinski definition) is 1. The molecule has 0 unspecified atom stereocenters. The van der Waals surface area contributed by atoms with Crippen molar-refractivity contribution in [2.45, 2.75) is 6.54 Å². The summed E-state index contributed by atoms with van der Waals surface area (Å²) < 4.78 is 15.8. The molecular formula is C24H20N2O5. The molecule has 0 saturated heterocycles. The van der Waals surface area contributed by atoms with Crippen molar-refractivity contribution in [1.82, 2.24) is 10.5 Å². The summed E-state index contributed by atoms with van der Waals surface area (Å²) in [7, 11) is 1.58. The molecule has 0 aliphatic carbocycles. The fraction of sp³-hybridized carbons (Fsp3) is 0.125. The van der Waals surface area contributed by atoms with Gasteiger partial charge in [-0.25, -0.2) is 4.79 Å². The van der Waals surface area contributed by atoms with Crippen LogP contribution in [0.2, 0.25) is 0 Å². The summed E-state index contributed by atoms with van der Waals surface area (Å²) in [6, 6.07) is 21.8. The minimum atomic E-state index is -0.598. The first kappa shape index (κ1) is 20.2. The van der Waals surface area contributed by atoms with E-state index in [1.165, 1.54) is 0 Å². The minimum Gasteiger partial charge on any atom is -0.497 e. The van der Waals surface area contributed by atoms with E-state index in [9.17, 15) is 9.59 Å². The highest BCUT2D eigenvalue weighted by Gasteiger charge is 2.15. The molecule has 1 amide bonds. The van der Waals surface area contributed by atoms with Crippen molar-refractivity contribution in [2.75, 3.05) is 13.7 Å². The van der Waals surface area contributed by atoms with Gasteiger partial charge in [-0.05, 0) is 35.9 Å². The van der Waals surface area contributed by atoms with Gasteiger partial charge in [0.25, 0.3) is 5.91 Å². The van der Waals surface area contributed by atoms with Gasteiger partial charge in [0.2, 0.25) is 0 Å². The van der Waals surface area contributed by atoms with E-state index in [4.69, 9.17) is 14.0 Å². The summed E-state index contributed by atoms with van der Waals surface area (Å²) in [5.41, 5.74) is 2.68. The van der Waals surface area contributed by atoms with Crippen LogP contribution in [-0.2, 0) is 16.1 Å². The molecule has 31 heavy (non-hydrogen) atoms. The van der Waals surface area contributed by atoms with Crippen LogP contribution in [0.4, 0.5) is 0 Å². The lowest BCUT2D eigenvalue weighted by Crippen LogP contribution is -2.28. The lowest BCUT2D eigenvalue weighted by Gasteiger charge is -2.08. The Morgan fingerprint density at radius 3 is 2.65 bits per heavy atom. The largest absolute Gasteiger partial charge is 0.497 e. The molecule has 0 radical (unpaired) electrons. The highest BCUT2D eigenvalue weighted by atomic mass is 16.5. The fourth-order valence-corrected chi connectivity index (χ4v) is 3.11. The first-order valence-electron chi connectivity index (χ1n) is 9.65. The third kappa shape index (κ3) is 4.72. The molecule has 3 aromatic carbocycles. The van der Waals surface area contributed by atoms with E-state index in [0.29, 0.717) is 34.5 Å². The number of benzene rings is 3. The summed E-state index contributed by atoms with van der Waals surface area (Å²) in [4.78, 5) is 24.5. The van der Waals surface area contributed by atoms with Crippen LogP contribution in [0.15, 0.2) is 77.3 Å². The smallest absolute Gasteiger partial charge is 0.338 e. The number of ether oxygens (including phenoxy) is 2. The number of methoxy groups -OCH3 is 1. The third-order valence-electron chi connectivity index (χ3n) is 4.71. The number of amides is 1. The van der Waals surface area contributed by atoms with Crippen molar-refractivity contribution in [3.05, 3.63) is 83.9 Å². The maximum atomic E-state index is 12.5. The van der Waals surface area contributed by atoms with Crippen molar-refractivity contribution >= 4 is 22.8 Å². The number of hydrogen-bond acceptors (Lipinski definition) is 6. The average Bonchev–Trinajstić information content (AvgIpc) is 3.25. The van der Waals surface area contributed by atoms with Crippen LogP contribution < -0.4 is 10.1 Å². The van der Waals surface area contributed by atoms with Gasteiger partial charge < -0.3 is 19.3 Å². The zero-order valence-electron chi connectivity index (χ0n) is 16.8. The van der Waals surface area contributed by atoms with Gasteiger partial charge in [-0.15, -0.1) is 0 Å². The molecule has 4 rings (SSSR count). The van der Waals surface area contributed by atoms with Crippen molar-refractivity contribution in [3.8, 4) is 17.1 Å². The number of nitrogens with zero attached hydrogens (tertiary/aromatic N) is 1. The quantitative estimate of drug-likeness (QED) is 0.459. The molecule has 7 nitrogen and oxygen atoms in total. The zero-order chi connectivity index (χ0) is 21.6. The maximum Gasteiger partial charge on any atom is 0.338 e. The molecule has 0 spiro atoms. The Kier molecular flexibility index (Phi) is 5.93. The van der Waals surface area contributed by atoms with Crippen LogP contribution in [-0.4, -0.2) is 30.7 Å². The van der Waals surface area contributed by atoms with E-state index >= 15 is 0 Å². The Morgan fingerprint density at radius 1 is 1.00 bits per heavy atom. The molecule has 0 aliphatic heterocycles. The summed E-state index contributed by atoms with van der Waals surface area (Å²) in [6.07, 6.45) is 0. The van der Waals surface area contributed by atoms with Crippen molar-refractivity contribution < 1.29 is 23.6 Å². The molecular weight excluding hydrogens is 396 g/mol. The summed E-state index contributed by atoms with van der Waals surface area (Å²) in [6.45, 7) is -0.0727. The number of fused-ring (bicyclic) bond motifs is 1. The van der Waals surface area contributed by atoms with Crippen LogP contribution in [0.1, 0.15) is 15.9 Å². The van der Waals surface area contributed by atoms with E-state index < -0.39 is 11.9 Å². The maximum absolute atomic E-state index is 12.5. The Balaban J connectivity index is 1.38.